The summed E-state index contributed by atoms with van der Waals surface area (Å²) in [6.07, 6.45) is 0. The van der Waals surface area contributed by atoms with Crippen molar-refractivity contribution in [3.8, 4) is 17.0 Å². The highest BCUT2D eigenvalue weighted by molar-refractivity contribution is 5.93. The third kappa shape index (κ3) is 3.97. The van der Waals surface area contributed by atoms with E-state index in [1.807, 2.05) is 24.3 Å². The van der Waals surface area contributed by atoms with Gasteiger partial charge in [-0.05, 0) is 31.2 Å². The molecule has 0 radical (unpaired) electrons. The first kappa shape index (κ1) is 17.4. The number of aromatic amines is 1. The van der Waals surface area contributed by atoms with Gasteiger partial charge in [-0.2, -0.15) is 10.2 Å². The summed E-state index contributed by atoms with van der Waals surface area (Å²) >= 11 is 0. The number of aromatic nitrogens is 4. The number of rotatable bonds is 6. The molecule has 2 N–H and O–H groups in total. The van der Waals surface area contributed by atoms with Crippen molar-refractivity contribution >= 4 is 5.91 Å². The van der Waals surface area contributed by atoms with Crippen molar-refractivity contribution in [2.75, 3.05) is 13.7 Å². The van der Waals surface area contributed by atoms with E-state index in [2.05, 4.69) is 20.6 Å². The van der Waals surface area contributed by atoms with Crippen LogP contribution in [-0.2, 0) is 6.54 Å². The van der Waals surface area contributed by atoms with Crippen molar-refractivity contribution in [2.24, 2.45) is 0 Å². The summed E-state index contributed by atoms with van der Waals surface area (Å²) in [4.78, 5) is 23.9. The van der Waals surface area contributed by atoms with Gasteiger partial charge in [0, 0.05) is 18.2 Å². The third-order valence-corrected chi connectivity index (χ3v) is 3.80. The minimum Gasteiger partial charge on any atom is -0.497 e. The first-order valence-electron chi connectivity index (χ1n) is 8.09. The van der Waals surface area contributed by atoms with E-state index in [9.17, 15) is 9.59 Å². The number of ether oxygens (including phenoxy) is 1. The van der Waals surface area contributed by atoms with Crippen LogP contribution in [0.4, 0.5) is 0 Å². The van der Waals surface area contributed by atoms with Crippen molar-refractivity contribution < 1.29 is 9.53 Å². The maximum absolute atomic E-state index is 12.2. The van der Waals surface area contributed by atoms with Gasteiger partial charge in [0.05, 0.1) is 25.0 Å². The number of carbonyl (C=O) groups excluding carboxylic acids is 1. The molecule has 8 heteroatoms. The Bertz CT molecular complexity index is 977. The van der Waals surface area contributed by atoms with Crippen molar-refractivity contribution in [2.45, 2.75) is 13.5 Å². The van der Waals surface area contributed by atoms with Crippen LogP contribution in [0.1, 0.15) is 16.2 Å². The van der Waals surface area contributed by atoms with Crippen LogP contribution < -0.4 is 15.6 Å². The van der Waals surface area contributed by atoms with E-state index in [-0.39, 0.29) is 18.0 Å². The molecule has 0 saturated heterocycles. The summed E-state index contributed by atoms with van der Waals surface area (Å²) in [6, 6.07) is 12.2. The lowest BCUT2D eigenvalue weighted by molar-refractivity contribution is 0.0946. The predicted molar refractivity (Wildman–Crippen MR) is 96.1 cm³/mol. The lowest BCUT2D eigenvalue weighted by Gasteiger charge is -2.06. The Kier molecular flexibility index (Phi) is 5.12. The van der Waals surface area contributed by atoms with Gasteiger partial charge in [0.25, 0.3) is 11.5 Å². The van der Waals surface area contributed by atoms with Crippen molar-refractivity contribution in [3.63, 3.8) is 0 Å². The fourth-order valence-corrected chi connectivity index (χ4v) is 2.45. The molecule has 26 heavy (non-hydrogen) atoms. The highest BCUT2D eigenvalue weighted by Gasteiger charge is 2.11. The van der Waals surface area contributed by atoms with Crippen LogP contribution in [0.3, 0.4) is 0 Å². The molecule has 0 fully saturated rings. The second-order valence-corrected chi connectivity index (χ2v) is 5.69. The Labute approximate surface area is 149 Å². The maximum atomic E-state index is 12.2. The molecular weight excluding hydrogens is 334 g/mol. The van der Waals surface area contributed by atoms with Crippen molar-refractivity contribution in [1.82, 2.24) is 25.3 Å². The van der Waals surface area contributed by atoms with Gasteiger partial charge in [-0.15, -0.1) is 0 Å². The molecular formula is C18H19N5O3. The molecule has 2 aromatic heterocycles. The number of hydrogen-bond acceptors (Lipinski definition) is 5. The molecule has 8 nitrogen and oxygen atoms in total. The topological polar surface area (TPSA) is 102 Å². The normalized spacial score (nSPS) is 10.5. The fraction of sp³-hybridized carbons (Fsp3) is 0.222. The molecule has 134 valence electrons. The van der Waals surface area contributed by atoms with Gasteiger partial charge in [0.2, 0.25) is 0 Å². The smallest absolute Gasteiger partial charge is 0.269 e. The molecule has 0 saturated carbocycles. The van der Waals surface area contributed by atoms with Gasteiger partial charge in [0.15, 0.2) is 0 Å². The molecule has 1 aromatic carbocycles. The fourth-order valence-electron chi connectivity index (χ4n) is 2.45. The molecule has 0 aliphatic heterocycles. The van der Waals surface area contributed by atoms with Crippen LogP contribution in [0, 0.1) is 6.92 Å². The first-order chi connectivity index (χ1) is 12.6. The number of amides is 1. The first-order valence-corrected chi connectivity index (χ1v) is 8.09. The number of benzene rings is 1. The van der Waals surface area contributed by atoms with Crippen LogP contribution in [0.2, 0.25) is 0 Å². The van der Waals surface area contributed by atoms with E-state index in [4.69, 9.17) is 4.74 Å². The van der Waals surface area contributed by atoms with E-state index in [1.54, 1.807) is 26.2 Å². The summed E-state index contributed by atoms with van der Waals surface area (Å²) in [6.45, 7) is 2.38. The van der Waals surface area contributed by atoms with Crippen LogP contribution in [0.5, 0.6) is 5.75 Å². The molecule has 0 atom stereocenters. The molecule has 0 unspecified atom stereocenters. The predicted octanol–water partition coefficient (Wildman–Crippen LogP) is 1.38. The van der Waals surface area contributed by atoms with Gasteiger partial charge in [-0.25, -0.2) is 4.68 Å². The third-order valence-electron chi connectivity index (χ3n) is 3.80. The van der Waals surface area contributed by atoms with Gasteiger partial charge >= 0.3 is 0 Å². The largest absolute Gasteiger partial charge is 0.497 e. The summed E-state index contributed by atoms with van der Waals surface area (Å²) in [5, 5.41) is 13.8. The molecule has 1 amide bonds. The van der Waals surface area contributed by atoms with Crippen LogP contribution in [-0.4, -0.2) is 39.5 Å². The monoisotopic (exact) mass is 353 g/mol. The van der Waals surface area contributed by atoms with Gasteiger partial charge in [-0.1, -0.05) is 12.1 Å². The number of hydrogen-bond donors (Lipinski definition) is 2. The minimum absolute atomic E-state index is 0.202. The molecule has 2 heterocycles. The average molecular weight is 353 g/mol. The lowest BCUT2D eigenvalue weighted by Crippen LogP contribution is -2.32. The Morgan fingerprint density at radius 3 is 2.92 bits per heavy atom. The Morgan fingerprint density at radius 1 is 1.27 bits per heavy atom. The zero-order valence-corrected chi connectivity index (χ0v) is 14.5. The van der Waals surface area contributed by atoms with Gasteiger partial charge in [-0.3, -0.25) is 14.7 Å². The highest BCUT2D eigenvalue weighted by Crippen LogP contribution is 2.22. The number of nitrogens with zero attached hydrogens (tertiary/aromatic N) is 3. The standard InChI is InChI=1S/C18H19N5O3/c1-12-6-7-17(24)23(22-12)9-8-19-18(25)16-11-15(20-21-16)13-4-3-5-14(10-13)26-2/h3-7,10-11H,8-9H2,1-2H3,(H,19,25)(H,20,21). The zero-order valence-electron chi connectivity index (χ0n) is 14.5. The van der Waals surface area contributed by atoms with E-state index >= 15 is 0 Å². The summed E-state index contributed by atoms with van der Waals surface area (Å²) in [5.41, 5.74) is 2.37. The number of nitrogens with one attached hydrogen (secondary N) is 2. The Balaban J connectivity index is 1.63. The summed E-state index contributed by atoms with van der Waals surface area (Å²) in [5.74, 6) is 0.417. The molecule has 0 aliphatic carbocycles. The van der Waals surface area contributed by atoms with E-state index in [1.165, 1.54) is 10.7 Å². The van der Waals surface area contributed by atoms with Crippen molar-refractivity contribution in [3.05, 3.63) is 64.2 Å². The number of H-pyrrole nitrogens is 1. The highest BCUT2D eigenvalue weighted by atomic mass is 16.5. The average Bonchev–Trinajstić information content (AvgIpc) is 3.15. The molecule has 0 spiro atoms. The Morgan fingerprint density at radius 2 is 2.12 bits per heavy atom. The Hall–Kier alpha value is -3.42. The van der Waals surface area contributed by atoms with Crippen molar-refractivity contribution in [1.29, 1.82) is 0 Å². The maximum Gasteiger partial charge on any atom is 0.269 e. The van der Waals surface area contributed by atoms with E-state index < -0.39 is 0 Å². The second-order valence-electron chi connectivity index (χ2n) is 5.69. The van der Waals surface area contributed by atoms with Crippen LogP contribution >= 0.6 is 0 Å². The van der Waals surface area contributed by atoms with Crippen LogP contribution in [0.25, 0.3) is 11.3 Å². The molecule has 0 bridgehead atoms. The second kappa shape index (κ2) is 7.64. The van der Waals surface area contributed by atoms with E-state index in [0.29, 0.717) is 23.7 Å². The molecule has 3 rings (SSSR count). The molecule has 0 aliphatic rings. The summed E-state index contributed by atoms with van der Waals surface area (Å²) in [7, 11) is 1.59. The quantitative estimate of drug-likeness (QED) is 0.697. The minimum atomic E-state index is -0.299. The zero-order chi connectivity index (χ0) is 18.5. The van der Waals surface area contributed by atoms with Gasteiger partial charge < -0.3 is 10.1 Å². The SMILES string of the molecule is COc1cccc(-c2cc(C(=O)NCCn3nc(C)ccc3=O)[nH]n2)c1. The number of methoxy groups -OCH3 is 1. The lowest BCUT2D eigenvalue weighted by atomic mass is 10.1. The molecule has 3 aromatic rings. The van der Waals surface area contributed by atoms with Crippen LogP contribution in [0.15, 0.2) is 47.3 Å². The van der Waals surface area contributed by atoms with Gasteiger partial charge in [0.1, 0.15) is 11.4 Å². The van der Waals surface area contributed by atoms with E-state index in [0.717, 1.165) is 11.3 Å². The number of carbonyl (C=O) groups is 1. The number of aryl methyl sites for hydroxylation is 1. The summed E-state index contributed by atoms with van der Waals surface area (Å²) < 4.78 is 6.52.